The van der Waals surface area contributed by atoms with E-state index >= 15 is 0 Å². The van der Waals surface area contributed by atoms with Crippen LogP contribution in [0, 0.1) is 5.82 Å². The molecule has 20 heavy (non-hydrogen) atoms. The van der Waals surface area contributed by atoms with E-state index in [-0.39, 0.29) is 18.5 Å². The van der Waals surface area contributed by atoms with Crippen molar-refractivity contribution in [2.75, 3.05) is 19.7 Å². The lowest BCUT2D eigenvalue weighted by atomic mass is 10.0. The summed E-state index contributed by atoms with van der Waals surface area (Å²) in [5.74, 6) is -0.236. The molecule has 0 aromatic heterocycles. The number of nitrogens with zero attached hydrogens (tertiary/aromatic N) is 1. The minimum Gasteiger partial charge on any atom is -0.395 e. The van der Waals surface area contributed by atoms with Gasteiger partial charge in [-0.3, -0.25) is 4.90 Å². The van der Waals surface area contributed by atoms with Crippen molar-refractivity contribution in [1.29, 1.82) is 0 Å². The Morgan fingerprint density at radius 3 is 2.25 bits per heavy atom. The zero-order chi connectivity index (χ0) is 15.0. The maximum absolute atomic E-state index is 12.9. The molecule has 0 heterocycles. The zero-order valence-electron chi connectivity index (χ0n) is 12.6. The quantitative estimate of drug-likeness (QED) is 0.732. The van der Waals surface area contributed by atoms with Gasteiger partial charge in [0.2, 0.25) is 0 Å². The second kappa shape index (κ2) is 9.06. The van der Waals surface area contributed by atoms with Gasteiger partial charge in [0.05, 0.1) is 6.61 Å². The summed E-state index contributed by atoms with van der Waals surface area (Å²) in [4.78, 5) is 2.30. The van der Waals surface area contributed by atoms with Crippen LogP contribution in [0.1, 0.15) is 44.7 Å². The van der Waals surface area contributed by atoms with Gasteiger partial charge in [0.25, 0.3) is 0 Å². The van der Waals surface area contributed by atoms with Crippen LogP contribution in [0.2, 0.25) is 0 Å². The van der Waals surface area contributed by atoms with Gasteiger partial charge < -0.3 is 10.8 Å². The molecular weight excluding hydrogens is 255 g/mol. The van der Waals surface area contributed by atoms with E-state index < -0.39 is 0 Å². The molecule has 0 saturated heterocycles. The van der Waals surface area contributed by atoms with Gasteiger partial charge in [-0.15, -0.1) is 0 Å². The first kappa shape index (κ1) is 17.1. The summed E-state index contributed by atoms with van der Waals surface area (Å²) < 4.78 is 12.9. The largest absolute Gasteiger partial charge is 0.395 e. The van der Waals surface area contributed by atoms with Gasteiger partial charge in [-0.2, -0.15) is 0 Å². The number of halogens is 1. The van der Waals surface area contributed by atoms with Crippen molar-refractivity contribution in [3.05, 3.63) is 35.6 Å². The highest BCUT2D eigenvalue weighted by molar-refractivity contribution is 5.19. The van der Waals surface area contributed by atoms with Crippen LogP contribution in [-0.2, 0) is 0 Å². The number of rotatable bonds is 9. The fourth-order valence-electron chi connectivity index (χ4n) is 2.59. The lowest BCUT2D eigenvalue weighted by Gasteiger charge is -2.30. The van der Waals surface area contributed by atoms with Crippen LogP contribution in [0.4, 0.5) is 4.39 Å². The third-order valence-corrected chi connectivity index (χ3v) is 3.87. The van der Waals surface area contributed by atoms with Crippen LogP contribution >= 0.6 is 0 Å². The summed E-state index contributed by atoms with van der Waals surface area (Å²) >= 11 is 0. The van der Waals surface area contributed by atoms with Crippen molar-refractivity contribution < 1.29 is 9.50 Å². The van der Waals surface area contributed by atoms with E-state index in [2.05, 4.69) is 18.7 Å². The number of hydrogen-bond acceptors (Lipinski definition) is 3. The number of aliphatic hydroxyl groups excluding tert-OH is 1. The fraction of sp³-hybridized carbons (Fsp3) is 0.625. The molecule has 0 radical (unpaired) electrons. The molecule has 0 saturated carbocycles. The summed E-state index contributed by atoms with van der Waals surface area (Å²) in [5, 5.41) is 9.17. The second-order valence-corrected chi connectivity index (χ2v) is 5.18. The smallest absolute Gasteiger partial charge is 0.123 e. The number of nitrogens with two attached hydrogens (primary N) is 1. The van der Waals surface area contributed by atoms with Crippen molar-refractivity contribution >= 4 is 0 Å². The highest BCUT2D eigenvalue weighted by Gasteiger charge is 2.16. The molecule has 0 spiro atoms. The van der Waals surface area contributed by atoms with E-state index in [0.29, 0.717) is 12.6 Å². The predicted octanol–water partition coefficient (Wildman–Crippen LogP) is 2.70. The second-order valence-electron chi connectivity index (χ2n) is 5.18. The molecule has 0 aliphatic heterocycles. The monoisotopic (exact) mass is 282 g/mol. The van der Waals surface area contributed by atoms with Gasteiger partial charge in [0.1, 0.15) is 5.82 Å². The van der Waals surface area contributed by atoms with E-state index in [1.807, 2.05) is 0 Å². The maximum Gasteiger partial charge on any atom is 0.123 e. The summed E-state index contributed by atoms with van der Waals surface area (Å²) in [6.07, 6.45) is 2.95. The van der Waals surface area contributed by atoms with Gasteiger partial charge >= 0.3 is 0 Å². The van der Waals surface area contributed by atoms with Crippen LogP contribution in [-0.4, -0.2) is 35.7 Å². The molecule has 1 aromatic carbocycles. The molecule has 1 unspecified atom stereocenters. The summed E-state index contributed by atoms with van der Waals surface area (Å²) in [6, 6.07) is 6.78. The topological polar surface area (TPSA) is 49.5 Å². The van der Waals surface area contributed by atoms with Crippen molar-refractivity contribution in [3.63, 3.8) is 0 Å². The van der Waals surface area contributed by atoms with Gasteiger partial charge in [-0.25, -0.2) is 4.39 Å². The lowest BCUT2D eigenvalue weighted by Crippen LogP contribution is -2.38. The normalized spacial score (nSPS) is 13.2. The van der Waals surface area contributed by atoms with Crippen molar-refractivity contribution in [2.45, 2.75) is 45.2 Å². The van der Waals surface area contributed by atoms with Crippen LogP contribution in [0.5, 0.6) is 0 Å². The molecular formula is C16H27FN2O. The molecule has 0 fully saturated rings. The number of aliphatic hydroxyl groups is 1. The standard InChI is InChI=1S/C16H27FN2O/c1-3-15(4-2)19(11-12-20)10-9-16(18)13-5-7-14(17)8-6-13/h5-8,15-16,20H,3-4,9-12,18H2,1-2H3. The van der Waals surface area contributed by atoms with Crippen molar-refractivity contribution in [3.8, 4) is 0 Å². The minimum atomic E-state index is -0.236. The Balaban J connectivity index is 2.55. The number of hydrogen-bond donors (Lipinski definition) is 2. The molecule has 0 bridgehead atoms. The maximum atomic E-state index is 12.9. The first-order chi connectivity index (χ1) is 9.62. The average Bonchev–Trinajstić information content (AvgIpc) is 2.46. The van der Waals surface area contributed by atoms with E-state index in [9.17, 15) is 9.50 Å². The predicted molar refractivity (Wildman–Crippen MR) is 81.0 cm³/mol. The zero-order valence-corrected chi connectivity index (χ0v) is 12.6. The molecule has 1 aromatic rings. The Morgan fingerprint density at radius 2 is 1.75 bits per heavy atom. The molecule has 3 nitrogen and oxygen atoms in total. The van der Waals surface area contributed by atoms with E-state index in [4.69, 9.17) is 5.73 Å². The highest BCUT2D eigenvalue weighted by Crippen LogP contribution is 2.17. The molecule has 0 aliphatic carbocycles. The first-order valence-electron chi connectivity index (χ1n) is 7.48. The van der Waals surface area contributed by atoms with Crippen LogP contribution < -0.4 is 5.73 Å². The van der Waals surface area contributed by atoms with Crippen LogP contribution in [0.15, 0.2) is 24.3 Å². The van der Waals surface area contributed by atoms with E-state index in [1.165, 1.54) is 12.1 Å². The Bertz CT molecular complexity index is 365. The third-order valence-electron chi connectivity index (χ3n) is 3.87. The van der Waals surface area contributed by atoms with Gasteiger partial charge in [0.15, 0.2) is 0 Å². The molecule has 4 heteroatoms. The highest BCUT2D eigenvalue weighted by atomic mass is 19.1. The molecule has 3 N–H and O–H groups in total. The number of benzene rings is 1. The van der Waals surface area contributed by atoms with Gasteiger partial charge in [-0.05, 0) is 37.0 Å². The van der Waals surface area contributed by atoms with E-state index in [1.54, 1.807) is 12.1 Å². The SMILES string of the molecule is CCC(CC)N(CCO)CCC(N)c1ccc(F)cc1. The first-order valence-corrected chi connectivity index (χ1v) is 7.48. The van der Waals surface area contributed by atoms with Crippen LogP contribution in [0.3, 0.4) is 0 Å². The Labute approximate surface area is 121 Å². The van der Waals surface area contributed by atoms with Gasteiger partial charge in [0, 0.05) is 25.2 Å². The van der Waals surface area contributed by atoms with Gasteiger partial charge in [-0.1, -0.05) is 26.0 Å². The van der Waals surface area contributed by atoms with Crippen molar-refractivity contribution in [2.24, 2.45) is 5.73 Å². The Morgan fingerprint density at radius 1 is 1.15 bits per heavy atom. The lowest BCUT2D eigenvalue weighted by molar-refractivity contribution is 0.139. The van der Waals surface area contributed by atoms with Crippen molar-refractivity contribution in [1.82, 2.24) is 4.90 Å². The molecule has 114 valence electrons. The molecule has 0 amide bonds. The summed E-state index contributed by atoms with van der Waals surface area (Å²) in [7, 11) is 0. The molecule has 1 atom stereocenters. The van der Waals surface area contributed by atoms with E-state index in [0.717, 1.165) is 31.4 Å². The third kappa shape index (κ3) is 5.19. The fourth-order valence-corrected chi connectivity index (χ4v) is 2.59. The summed E-state index contributed by atoms with van der Waals surface area (Å²) in [5.41, 5.74) is 7.12. The average molecular weight is 282 g/mol. The Hall–Kier alpha value is -0.970. The minimum absolute atomic E-state index is 0.0915. The molecule has 0 aliphatic rings. The Kier molecular flexibility index (Phi) is 7.73. The molecule has 1 rings (SSSR count). The van der Waals surface area contributed by atoms with Crippen LogP contribution in [0.25, 0.3) is 0 Å². The summed E-state index contributed by atoms with van der Waals surface area (Å²) in [6.45, 7) is 6.03.